The first-order chi connectivity index (χ1) is 10.0. The van der Waals surface area contributed by atoms with Gasteiger partial charge in [-0.1, -0.05) is 11.6 Å². The molecule has 6 heteroatoms. The minimum absolute atomic E-state index is 0.173. The van der Waals surface area contributed by atoms with Crippen LogP contribution in [0.25, 0.3) is 11.4 Å². The van der Waals surface area contributed by atoms with E-state index >= 15 is 0 Å². The van der Waals surface area contributed by atoms with Crippen LogP contribution in [0.2, 0.25) is 0 Å². The van der Waals surface area contributed by atoms with Crippen molar-refractivity contribution in [3.05, 3.63) is 29.4 Å². The summed E-state index contributed by atoms with van der Waals surface area (Å²) in [4.78, 5) is 20.0. The van der Waals surface area contributed by atoms with Gasteiger partial charge in [-0.05, 0) is 38.8 Å². The highest BCUT2D eigenvalue weighted by atomic mass is 16.5. The van der Waals surface area contributed by atoms with Crippen molar-refractivity contribution in [1.82, 2.24) is 15.1 Å². The molecule has 1 fully saturated rings. The van der Waals surface area contributed by atoms with Crippen molar-refractivity contribution in [2.45, 2.75) is 39.0 Å². The molecule has 1 aliphatic carbocycles. The molecule has 2 heterocycles. The molecule has 1 N–H and O–H groups in total. The third-order valence-electron chi connectivity index (χ3n) is 3.93. The van der Waals surface area contributed by atoms with Crippen LogP contribution in [-0.2, 0) is 4.79 Å². The van der Waals surface area contributed by atoms with Gasteiger partial charge >= 0.3 is 5.97 Å². The van der Waals surface area contributed by atoms with Gasteiger partial charge in [0.2, 0.25) is 11.7 Å². The predicted molar refractivity (Wildman–Crippen MR) is 74.7 cm³/mol. The molecular weight excluding hydrogens is 270 g/mol. The van der Waals surface area contributed by atoms with E-state index in [2.05, 4.69) is 15.1 Å². The standard InChI is InChI=1S/C15H17N3O3/c1-8-6-10(7-9(2)16-8)13-17-14(21-18-13)11-4-3-5-12(11)15(19)20/h6-7,11-12H,3-5H2,1-2H3,(H,19,20). The maximum atomic E-state index is 11.3. The van der Waals surface area contributed by atoms with Crippen LogP contribution in [0.3, 0.4) is 0 Å². The zero-order valence-corrected chi connectivity index (χ0v) is 12.0. The van der Waals surface area contributed by atoms with Gasteiger partial charge in [0.25, 0.3) is 0 Å². The Morgan fingerprint density at radius 1 is 1.24 bits per heavy atom. The summed E-state index contributed by atoms with van der Waals surface area (Å²) in [7, 11) is 0. The third-order valence-corrected chi connectivity index (χ3v) is 3.93. The number of hydrogen-bond donors (Lipinski definition) is 1. The molecule has 110 valence electrons. The average molecular weight is 287 g/mol. The molecule has 2 aromatic heterocycles. The number of hydrogen-bond acceptors (Lipinski definition) is 5. The minimum Gasteiger partial charge on any atom is -0.481 e. The van der Waals surface area contributed by atoms with E-state index in [4.69, 9.17) is 4.52 Å². The summed E-state index contributed by atoms with van der Waals surface area (Å²) >= 11 is 0. The average Bonchev–Trinajstić information content (AvgIpc) is 3.06. The van der Waals surface area contributed by atoms with Crippen molar-refractivity contribution in [3.63, 3.8) is 0 Å². The van der Waals surface area contributed by atoms with Gasteiger partial charge in [0.15, 0.2) is 0 Å². The molecule has 0 amide bonds. The Bertz CT molecular complexity index is 660. The van der Waals surface area contributed by atoms with E-state index in [0.29, 0.717) is 18.1 Å². The number of carboxylic acids is 1. The lowest BCUT2D eigenvalue weighted by molar-refractivity contribution is -0.142. The van der Waals surface area contributed by atoms with Crippen molar-refractivity contribution >= 4 is 5.97 Å². The monoisotopic (exact) mass is 287 g/mol. The van der Waals surface area contributed by atoms with Gasteiger partial charge < -0.3 is 9.63 Å². The summed E-state index contributed by atoms with van der Waals surface area (Å²) in [6, 6.07) is 3.79. The number of aliphatic carboxylic acids is 1. The summed E-state index contributed by atoms with van der Waals surface area (Å²) in [5, 5.41) is 13.2. The van der Waals surface area contributed by atoms with Gasteiger partial charge in [-0.25, -0.2) is 0 Å². The highest BCUT2D eigenvalue weighted by Crippen LogP contribution is 2.39. The molecule has 21 heavy (non-hydrogen) atoms. The molecule has 0 saturated heterocycles. The highest BCUT2D eigenvalue weighted by molar-refractivity contribution is 5.71. The fourth-order valence-corrected chi connectivity index (χ4v) is 3.02. The molecule has 1 aliphatic rings. The summed E-state index contributed by atoms with van der Waals surface area (Å²) in [5.41, 5.74) is 2.63. The smallest absolute Gasteiger partial charge is 0.307 e. The molecule has 0 spiro atoms. The van der Waals surface area contributed by atoms with Crippen LogP contribution in [0.4, 0.5) is 0 Å². The summed E-state index contributed by atoms with van der Waals surface area (Å²) < 4.78 is 5.32. The van der Waals surface area contributed by atoms with Gasteiger partial charge in [-0.2, -0.15) is 4.98 Å². The van der Waals surface area contributed by atoms with Crippen LogP contribution in [0.15, 0.2) is 16.7 Å². The number of nitrogens with zero attached hydrogens (tertiary/aromatic N) is 3. The molecule has 2 unspecified atom stereocenters. The molecule has 0 radical (unpaired) electrons. The highest BCUT2D eigenvalue weighted by Gasteiger charge is 2.37. The molecule has 0 bridgehead atoms. The quantitative estimate of drug-likeness (QED) is 0.933. The first-order valence-corrected chi connectivity index (χ1v) is 7.06. The fraction of sp³-hybridized carbons (Fsp3) is 0.467. The summed E-state index contributed by atoms with van der Waals surface area (Å²) in [5.74, 6) is -0.448. The fourth-order valence-electron chi connectivity index (χ4n) is 3.02. The van der Waals surface area contributed by atoms with Gasteiger partial charge in [-0.15, -0.1) is 0 Å². The Morgan fingerprint density at radius 3 is 2.62 bits per heavy atom. The van der Waals surface area contributed by atoms with Gasteiger partial charge in [0.1, 0.15) is 0 Å². The molecule has 1 saturated carbocycles. The lowest BCUT2D eigenvalue weighted by atomic mass is 9.96. The normalized spacial score (nSPS) is 21.6. The van der Waals surface area contributed by atoms with Gasteiger partial charge in [-0.3, -0.25) is 9.78 Å². The van der Waals surface area contributed by atoms with Crippen molar-refractivity contribution in [3.8, 4) is 11.4 Å². The molecule has 0 aromatic carbocycles. The Balaban J connectivity index is 1.91. The number of carbonyl (C=O) groups is 1. The lowest BCUT2D eigenvalue weighted by Crippen LogP contribution is -2.17. The maximum absolute atomic E-state index is 11.3. The Morgan fingerprint density at radius 2 is 1.95 bits per heavy atom. The largest absolute Gasteiger partial charge is 0.481 e. The van der Waals surface area contributed by atoms with Crippen LogP contribution in [0.5, 0.6) is 0 Å². The van der Waals surface area contributed by atoms with Crippen molar-refractivity contribution in [1.29, 1.82) is 0 Å². The number of rotatable bonds is 3. The van der Waals surface area contributed by atoms with Crippen LogP contribution >= 0.6 is 0 Å². The molecule has 2 aromatic rings. The Hall–Kier alpha value is -2.24. The number of pyridine rings is 1. The second-order valence-corrected chi connectivity index (χ2v) is 5.58. The molecule has 0 aliphatic heterocycles. The maximum Gasteiger partial charge on any atom is 0.307 e. The SMILES string of the molecule is Cc1cc(-c2noc(C3CCCC3C(=O)O)n2)cc(C)n1. The molecular formula is C15H17N3O3. The molecule has 3 rings (SSSR count). The van der Waals surface area contributed by atoms with Crippen LogP contribution in [0.1, 0.15) is 42.5 Å². The minimum atomic E-state index is -0.784. The van der Waals surface area contributed by atoms with Crippen molar-refractivity contribution in [2.24, 2.45) is 5.92 Å². The second-order valence-electron chi connectivity index (χ2n) is 5.58. The third kappa shape index (κ3) is 2.66. The van der Waals surface area contributed by atoms with Gasteiger partial charge in [0.05, 0.1) is 11.8 Å². The first-order valence-electron chi connectivity index (χ1n) is 7.06. The number of carboxylic acid groups (broad SMARTS) is 1. The van der Waals surface area contributed by atoms with Crippen LogP contribution in [0, 0.1) is 19.8 Å². The van der Waals surface area contributed by atoms with E-state index in [1.165, 1.54) is 0 Å². The lowest BCUT2D eigenvalue weighted by Gasteiger charge is -2.10. The van der Waals surface area contributed by atoms with Crippen LogP contribution in [-0.4, -0.2) is 26.2 Å². The Kier molecular flexibility index (Phi) is 3.45. The molecule has 6 nitrogen and oxygen atoms in total. The first kappa shape index (κ1) is 13.7. The van der Waals surface area contributed by atoms with E-state index in [-0.39, 0.29) is 5.92 Å². The van der Waals surface area contributed by atoms with E-state index < -0.39 is 11.9 Å². The van der Waals surface area contributed by atoms with Crippen molar-refractivity contribution in [2.75, 3.05) is 0 Å². The molecule has 2 atom stereocenters. The second kappa shape index (κ2) is 5.27. The number of aromatic nitrogens is 3. The van der Waals surface area contributed by atoms with E-state index in [1.807, 2.05) is 26.0 Å². The Labute approximate surface area is 122 Å². The van der Waals surface area contributed by atoms with E-state index in [1.54, 1.807) is 0 Å². The van der Waals surface area contributed by atoms with E-state index in [0.717, 1.165) is 29.8 Å². The zero-order chi connectivity index (χ0) is 15.0. The summed E-state index contributed by atoms with van der Waals surface area (Å²) in [6.07, 6.45) is 2.34. The van der Waals surface area contributed by atoms with Crippen molar-refractivity contribution < 1.29 is 14.4 Å². The summed E-state index contributed by atoms with van der Waals surface area (Å²) in [6.45, 7) is 3.82. The van der Waals surface area contributed by atoms with E-state index in [9.17, 15) is 9.90 Å². The van der Waals surface area contributed by atoms with Gasteiger partial charge in [0, 0.05) is 17.0 Å². The zero-order valence-electron chi connectivity index (χ0n) is 12.0. The van der Waals surface area contributed by atoms with Crippen LogP contribution < -0.4 is 0 Å². The number of aryl methyl sites for hydroxylation is 2. The topological polar surface area (TPSA) is 89.1 Å². The predicted octanol–water partition coefficient (Wildman–Crippen LogP) is 2.72.